The third-order valence-electron chi connectivity index (χ3n) is 3.73. The number of nitrogens with zero attached hydrogens (tertiary/aromatic N) is 2. The largest absolute Gasteiger partial charge is 0.490 e. The molecule has 0 unspecified atom stereocenters. The molecule has 1 aliphatic rings. The van der Waals surface area contributed by atoms with Crippen LogP contribution in [0.3, 0.4) is 0 Å². The molecule has 5 nitrogen and oxygen atoms in total. The molecule has 0 amide bonds. The molecule has 0 spiro atoms. The first kappa shape index (κ1) is 16.6. The van der Waals surface area contributed by atoms with E-state index >= 15 is 0 Å². The molecule has 1 N–H and O–H groups in total. The molecule has 1 heterocycles. The van der Waals surface area contributed by atoms with E-state index in [9.17, 15) is 0 Å². The summed E-state index contributed by atoms with van der Waals surface area (Å²) in [5.41, 5.74) is 0. The van der Waals surface area contributed by atoms with Crippen LogP contribution < -0.4 is 10.1 Å². The van der Waals surface area contributed by atoms with Crippen LogP contribution in [0.2, 0.25) is 0 Å². The average molecular weight is 305 g/mol. The highest BCUT2D eigenvalue weighted by atomic mass is 16.5. The molecule has 1 fully saturated rings. The molecule has 1 aromatic carbocycles. The van der Waals surface area contributed by atoms with Crippen molar-refractivity contribution in [3.63, 3.8) is 0 Å². The van der Waals surface area contributed by atoms with E-state index < -0.39 is 0 Å². The topological polar surface area (TPSA) is 46.1 Å². The maximum absolute atomic E-state index is 6.02. The summed E-state index contributed by atoms with van der Waals surface area (Å²) in [5, 5.41) is 3.35. The monoisotopic (exact) mass is 305 g/mol. The molecule has 0 bridgehead atoms. The summed E-state index contributed by atoms with van der Waals surface area (Å²) in [7, 11) is 1.83. The lowest BCUT2D eigenvalue weighted by atomic mass is 10.1. The summed E-state index contributed by atoms with van der Waals surface area (Å²) in [6, 6.07) is 10.1. The van der Waals surface area contributed by atoms with E-state index in [2.05, 4.69) is 15.2 Å². The van der Waals surface area contributed by atoms with Gasteiger partial charge in [-0.2, -0.15) is 0 Å². The van der Waals surface area contributed by atoms with Crippen LogP contribution >= 0.6 is 0 Å². The summed E-state index contributed by atoms with van der Waals surface area (Å²) in [6.45, 7) is 6.19. The van der Waals surface area contributed by atoms with Gasteiger partial charge >= 0.3 is 0 Å². The Morgan fingerprint density at radius 3 is 2.64 bits per heavy atom. The van der Waals surface area contributed by atoms with E-state index in [1.165, 1.54) is 0 Å². The Kier molecular flexibility index (Phi) is 7.03. The molecule has 122 valence electrons. The van der Waals surface area contributed by atoms with Gasteiger partial charge in [0.1, 0.15) is 11.9 Å². The lowest BCUT2D eigenvalue weighted by Gasteiger charge is -2.34. The molecule has 2 rings (SSSR count). The van der Waals surface area contributed by atoms with Crippen LogP contribution in [0.15, 0.2) is 35.3 Å². The van der Waals surface area contributed by atoms with Crippen molar-refractivity contribution in [2.45, 2.75) is 25.9 Å². The second-order valence-corrected chi connectivity index (χ2v) is 5.29. The number of ether oxygens (including phenoxy) is 2. The van der Waals surface area contributed by atoms with E-state index in [1.807, 2.05) is 44.3 Å². The predicted molar refractivity (Wildman–Crippen MR) is 89.5 cm³/mol. The van der Waals surface area contributed by atoms with Crippen molar-refractivity contribution in [2.75, 3.05) is 39.9 Å². The predicted octanol–water partition coefficient (Wildman–Crippen LogP) is 2.14. The fourth-order valence-corrected chi connectivity index (χ4v) is 2.59. The Morgan fingerprint density at radius 2 is 2.00 bits per heavy atom. The van der Waals surface area contributed by atoms with Crippen molar-refractivity contribution in [3.05, 3.63) is 30.3 Å². The van der Waals surface area contributed by atoms with Gasteiger partial charge in [0.2, 0.25) is 0 Å². The Balaban J connectivity index is 1.73. The molecule has 1 aromatic rings. The zero-order valence-electron chi connectivity index (χ0n) is 13.6. The highest BCUT2D eigenvalue weighted by molar-refractivity contribution is 5.79. The van der Waals surface area contributed by atoms with Gasteiger partial charge in [0.25, 0.3) is 0 Å². The third-order valence-corrected chi connectivity index (χ3v) is 3.73. The van der Waals surface area contributed by atoms with Crippen molar-refractivity contribution in [2.24, 2.45) is 4.99 Å². The normalized spacial score (nSPS) is 16.6. The Bertz CT molecular complexity index is 442. The van der Waals surface area contributed by atoms with Crippen LogP contribution in [0.25, 0.3) is 0 Å². The van der Waals surface area contributed by atoms with E-state index in [0.717, 1.165) is 50.8 Å². The molecule has 0 atom stereocenters. The van der Waals surface area contributed by atoms with Gasteiger partial charge in [0.15, 0.2) is 5.96 Å². The fraction of sp³-hybridized carbons (Fsp3) is 0.588. The zero-order valence-corrected chi connectivity index (χ0v) is 13.6. The van der Waals surface area contributed by atoms with Crippen molar-refractivity contribution in [1.29, 1.82) is 0 Å². The van der Waals surface area contributed by atoms with Crippen molar-refractivity contribution in [1.82, 2.24) is 10.2 Å². The van der Waals surface area contributed by atoms with Crippen LogP contribution in [0.5, 0.6) is 5.75 Å². The standard InChI is InChI=1S/C17H27N3O2/c1-3-21-14-11-19-17(18-2)20-12-9-16(10-13-20)22-15-7-5-4-6-8-15/h4-8,16H,3,9-14H2,1-2H3,(H,18,19). The molecular formula is C17H27N3O2. The average Bonchev–Trinajstić information content (AvgIpc) is 2.57. The van der Waals surface area contributed by atoms with Gasteiger partial charge in [-0.15, -0.1) is 0 Å². The SMILES string of the molecule is CCOCCNC(=NC)N1CCC(Oc2ccccc2)CC1. The van der Waals surface area contributed by atoms with Crippen LogP contribution in [-0.2, 0) is 4.74 Å². The van der Waals surface area contributed by atoms with Gasteiger partial charge in [-0.3, -0.25) is 4.99 Å². The first-order chi connectivity index (χ1) is 10.8. The maximum atomic E-state index is 6.02. The lowest BCUT2D eigenvalue weighted by molar-refractivity contribution is 0.127. The second-order valence-electron chi connectivity index (χ2n) is 5.29. The van der Waals surface area contributed by atoms with Gasteiger partial charge in [-0.25, -0.2) is 0 Å². The maximum Gasteiger partial charge on any atom is 0.193 e. The number of benzene rings is 1. The number of hydrogen-bond donors (Lipinski definition) is 1. The zero-order chi connectivity index (χ0) is 15.6. The summed E-state index contributed by atoms with van der Waals surface area (Å²) in [5.74, 6) is 1.91. The number of rotatable bonds is 6. The summed E-state index contributed by atoms with van der Waals surface area (Å²) >= 11 is 0. The molecule has 1 saturated heterocycles. The number of likely N-dealkylation sites (tertiary alicyclic amines) is 1. The minimum Gasteiger partial charge on any atom is -0.490 e. The van der Waals surface area contributed by atoms with Crippen LogP contribution in [0.4, 0.5) is 0 Å². The van der Waals surface area contributed by atoms with E-state index in [4.69, 9.17) is 9.47 Å². The number of guanidine groups is 1. The van der Waals surface area contributed by atoms with Crippen LogP contribution in [-0.4, -0.2) is 56.9 Å². The highest BCUT2D eigenvalue weighted by Gasteiger charge is 2.22. The molecule has 0 aliphatic carbocycles. The summed E-state index contributed by atoms with van der Waals surface area (Å²) in [6.07, 6.45) is 2.32. The minimum absolute atomic E-state index is 0.292. The van der Waals surface area contributed by atoms with E-state index in [0.29, 0.717) is 12.7 Å². The molecule has 1 aliphatic heterocycles. The molecular weight excluding hydrogens is 278 g/mol. The lowest BCUT2D eigenvalue weighted by Crippen LogP contribution is -2.48. The van der Waals surface area contributed by atoms with Crippen molar-refractivity contribution >= 4 is 5.96 Å². The Labute approximate surface area is 133 Å². The minimum atomic E-state index is 0.292. The van der Waals surface area contributed by atoms with Crippen molar-refractivity contribution < 1.29 is 9.47 Å². The molecule has 0 aromatic heterocycles. The smallest absolute Gasteiger partial charge is 0.193 e. The van der Waals surface area contributed by atoms with Gasteiger partial charge in [0, 0.05) is 46.1 Å². The Hall–Kier alpha value is -1.75. The van der Waals surface area contributed by atoms with Gasteiger partial charge in [-0.1, -0.05) is 18.2 Å². The van der Waals surface area contributed by atoms with E-state index in [-0.39, 0.29) is 0 Å². The number of nitrogens with one attached hydrogen (secondary N) is 1. The fourth-order valence-electron chi connectivity index (χ4n) is 2.59. The number of aliphatic imine (C=N–C) groups is 1. The third kappa shape index (κ3) is 5.22. The molecule has 5 heteroatoms. The number of hydrogen-bond acceptors (Lipinski definition) is 3. The second kappa shape index (κ2) is 9.30. The van der Waals surface area contributed by atoms with Gasteiger partial charge < -0.3 is 19.7 Å². The molecule has 0 saturated carbocycles. The molecule has 0 radical (unpaired) electrons. The van der Waals surface area contributed by atoms with Crippen LogP contribution in [0.1, 0.15) is 19.8 Å². The van der Waals surface area contributed by atoms with E-state index in [1.54, 1.807) is 0 Å². The highest BCUT2D eigenvalue weighted by Crippen LogP contribution is 2.18. The van der Waals surface area contributed by atoms with Crippen molar-refractivity contribution in [3.8, 4) is 5.75 Å². The molecule has 22 heavy (non-hydrogen) atoms. The quantitative estimate of drug-likeness (QED) is 0.497. The Morgan fingerprint density at radius 1 is 1.27 bits per heavy atom. The van der Waals surface area contributed by atoms with Gasteiger partial charge in [0.05, 0.1) is 6.61 Å². The number of piperidine rings is 1. The first-order valence-corrected chi connectivity index (χ1v) is 8.08. The summed E-state index contributed by atoms with van der Waals surface area (Å²) in [4.78, 5) is 6.64. The summed E-state index contributed by atoms with van der Waals surface area (Å²) < 4.78 is 11.4. The van der Waals surface area contributed by atoms with Gasteiger partial charge in [-0.05, 0) is 19.1 Å². The van der Waals surface area contributed by atoms with Crippen LogP contribution in [0, 0.1) is 0 Å². The first-order valence-electron chi connectivity index (χ1n) is 8.08. The number of para-hydroxylation sites is 1.